The average molecular weight is 286 g/mol. The molecule has 0 aliphatic rings. The molecule has 0 atom stereocenters. The summed E-state index contributed by atoms with van der Waals surface area (Å²) in [6.07, 6.45) is 1.76. The highest BCUT2D eigenvalue weighted by atomic mass is 32.1. The van der Waals surface area contributed by atoms with E-state index in [-0.39, 0.29) is 0 Å². The molecule has 1 aromatic carbocycles. The molecule has 1 heterocycles. The van der Waals surface area contributed by atoms with Crippen molar-refractivity contribution < 1.29 is 9.47 Å². The Morgan fingerprint density at radius 1 is 1.35 bits per heavy atom. The minimum atomic E-state index is 0.509. The van der Waals surface area contributed by atoms with E-state index in [1.807, 2.05) is 30.5 Å². The van der Waals surface area contributed by atoms with E-state index in [9.17, 15) is 5.26 Å². The van der Waals surface area contributed by atoms with Crippen molar-refractivity contribution in [2.45, 2.75) is 6.92 Å². The first-order valence-corrected chi connectivity index (χ1v) is 6.83. The number of methoxy groups -OCH3 is 2. The Labute approximate surface area is 121 Å². The topological polar surface area (TPSA) is 55.1 Å². The van der Waals surface area contributed by atoms with Crippen molar-refractivity contribution in [2.75, 3.05) is 14.2 Å². The third kappa shape index (κ3) is 2.81. The van der Waals surface area contributed by atoms with Gasteiger partial charge in [0.05, 0.1) is 19.8 Å². The Balaban J connectivity index is 2.51. The van der Waals surface area contributed by atoms with Crippen molar-refractivity contribution in [2.24, 2.45) is 0 Å². The van der Waals surface area contributed by atoms with Gasteiger partial charge in [0.15, 0.2) is 11.5 Å². The van der Waals surface area contributed by atoms with Crippen molar-refractivity contribution >= 4 is 23.0 Å². The maximum absolute atomic E-state index is 9.32. The number of aromatic nitrogens is 1. The fourth-order valence-electron chi connectivity index (χ4n) is 1.80. The van der Waals surface area contributed by atoms with Gasteiger partial charge in [-0.2, -0.15) is 5.26 Å². The fourth-order valence-corrected chi connectivity index (χ4v) is 2.56. The number of aryl methyl sites for hydroxylation is 1. The lowest BCUT2D eigenvalue weighted by atomic mass is 10.1. The number of benzene rings is 1. The van der Waals surface area contributed by atoms with Crippen molar-refractivity contribution in [3.63, 3.8) is 0 Å². The summed E-state index contributed by atoms with van der Waals surface area (Å²) in [4.78, 5) is 4.33. The second-order valence-electron chi connectivity index (χ2n) is 4.05. The largest absolute Gasteiger partial charge is 0.493 e. The molecule has 2 aromatic rings. The van der Waals surface area contributed by atoms with Gasteiger partial charge in [-0.1, -0.05) is 12.1 Å². The van der Waals surface area contributed by atoms with Gasteiger partial charge in [0, 0.05) is 16.6 Å². The summed E-state index contributed by atoms with van der Waals surface area (Å²) < 4.78 is 10.6. The highest BCUT2D eigenvalue weighted by molar-refractivity contribution is 7.11. The van der Waals surface area contributed by atoms with Crippen LogP contribution in [0.1, 0.15) is 16.3 Å². The quantitative estimate of drug-likeness (QED) is 0.807. The van der Waals surface area contributed by atoms with E-state index < -0.39 is 0 Å². The average Bonchev–Trinajstić information content (AvgIpc) is 2.90. The van der Waals surface area contributed by atoms with Crippen molar-refractivity contribution in [1.29, 1.82) is 5.26 Å². The van der Waals surface area contributed by atoms with Gasteiger partial charge in [-0.3, -0.25) is 0 Å². The zero-order valence-corrected chi connectivity index (χ0v) is 12.3. The summed E-state index contributed by atoms with van der Waals surface area (Å²) in [5.41, 5.74) is 2.20. The number of hydrogen-bond acceptors (Lipinski definition) is 5. The molecule has 0 radical (unpaired) electrons. The van der Waals surface area contributed by atoms with Crippen LogP contribution in [0.25, 0.3) is 11.6 Å². The summed E-state index contributed by atoms with van der Waals surface area (Å²) in [5, 5.41) is 11.9. The normalized spacial score (nSPS) is 11.0. The summed E-state index contributed by atoms with van der Waals surface area (Å²) in [6.45, 7) is 1.90. The van der Waals surface area contributed by atoms with E-state index in [4.69, 9.17) is 9.47 Å². The van der Waals surface area contributed by atoms with Gasteiger partial charge in [0.2, 0.25) is 0 Å². The predicted molar refractivity (Wildman–Crippen MR) is 79.9 cm³/mol. The van der Waals surface area contributed by atoms with Crippen LogP contribution in [0.5, 0.6) is 11.5 Å². The Hall–Kier alpha value is -2.32. The van der Waals surface area contributed by atoms with Crippen LogP contribution in [0.2, 0.25) is 0 Å². The smallest absolute Gasteiger partial charge is 0.167 e. The number of thiazole rings is 1. The first-order valence-electron chi connectivity index (χ1n) is 5.95. The standard InChI is InChI=1S/C15H14N2O2S/c1-10-9-20-15(17-10)12(8-16)7-11-5-4-6-13(18-2)14(11)19-3/h4-7,9H,1-3H3/b12-7+. The zero-order valence-electron chi connectivity index (χ0n) is 11.5. The lowest BCUT2D eigenvalue weighted by Gasteiger charge is -2.10. The minimum Gasteiger partial charge on any atom is -0.493 e. The van der Waals surface area contributed by atoms with Crippen LogP contribution < -0.4 is 9.47 Å². The van der Waals surface area contributed by atoms with E-state index in [1.165, 1.54) is 11.3 Å². The highest BCUT2D eigenvalue weighted by Gasteiger charge is 2.11. The van der Waals surface area contributed by atoms with Crippen LogP contribution >= 0.6 is 11.3 Å². The molecular weight excluding hydrogens is 272 g/mol. The van der Waals surface area contributed by atoms with E-state index in [2.05, 4.69) is 11.1 Å². The molecule has 1 aromatic heterocycles. The number of para-hydroxylation sites is 1. The molecule has 5 heteroatoms. The predicted octanol–water partition coefficient (Wildman–Crippen LogP) is 3.53. The Morgan fingerprint density at radius 3 is 2.70 bits per heavy atom. The maximum Gasteiger partial charge on any atom is 0.167 e. The zero-order chi connectivity index (χ0) is 14.5. The lowest BCUT2D eigenvalue weighted by molar-refractivity contribution is 0.354. The van der Waals surface area contributed by atoms with Gasteiger partial charge in [0.25, 0.3) is 0 Å². The van der Waals surface area contributed by atoms with Gasteiger partial charge in [-0.05, 0) is 19.1 Å². The van der Waals surface area contributed by atoms with E-state index in [0.717, 1.165) is 11.3 Å². The molecule has 0 unspecified atom stereocenters. The van der Waals surface area contributed by atoms with Gasteiger partial charge < -0.3 is 9.47 Å². The van der Waals surface area contributed by atoms with Crippen LogP contribution in [0.3, 0.4) is 0 Å². The third-order valence-corrected chi connectivity index (χ3v) is 3.70. The van der Waals surface area contributed by atoms with Crippen molar-refractivity contribution in [3.05, 3.63) is 39.8 Å². The Kier molecular flexibility index (Phi) is 4.38. The highest BCUT2D eigenvalue weighted by Crippen LogP contribution is 2.33. The van der Waals surface area contributed by atoms with Crippen molar-refractivity contribution in [3.8, 4) is 17.6 Å². The minimum absolute atomic E-state index is 0.509. The van der Waals surface area contributed by atoms with Crippen LogP contribution in [0.4, 0.5) is 0 Å². The number of hydrogen-bond donors (Lipinski definition) is 0. The molecular formula is C15H14N2O2S. The SMILES string of the molecule is COc1cccc(/C=C(\C#N)c2nc(C)cs2)c1OC. The van der Waals surface area contributed by atoms with E-state index in [1.54, 1.807) is 20.3 Å². The first-order chi connectivity index (χ1) is 9.69. The second kappa shape index (κ2) is 6.22. The fraction of sp³-hybridized carbons (Fsp3) is 0.200. The van der Waals surface area contributed by atoms with Crippen LogP contribution in [-0.2, 0) is 0 Å². The Bertz CT molecular complexity index is 683. The van der Waals surface area contributed by atoms with Crippen LogP contribution in [0.15, 0.2) is 23.6 Å². The molecule has 0 bridgehead atoms. The molecule has 20 heavy (non-hydrogen) atoms. The molecule has 0 aliphatic heterocycles. The molecule has 0 saturated heterocycles. The van der Waals surface area contributed by atoms with Gasteiger partial charge in [-0.25, -0.2) is 4.98 Å². The number of ether oxygens (including phenoxy) is 2. The molecule has 4 nitrogen and oxygen atoms in total. The summed E-state index contributed by atoms with van der Waals surface area (Å²) in [5.74, 6) is 1.24. The van der Waals surface area contributed by atoms with Gasteiger partial charge in [0.1, 0.15) is 11.1 Å². The number of nitrogens with zero attached hydrogens (tertiary/aromatic N) is 2. The van der Waals surface area contributed by atoms with E-state index >= 15 is 0 Å². The molecule has 2 rings (SSSR count). The molecule has 0 saturated carbocycles. The molecule has 0 amide bonds. The molecule has 0 spiro atoms. The van der Waals surface area contributed by atoms with Gasteiger partial charge >= 0.3 is 0 Å². The maximum atomic E-state index is 9.32. The van der Waals surface area contributed by atoms with Crippen LogP contribution in [-0.4, -0.2) is 19.2 Å². The second-order valence-corrected chi connectivity index (χ2v) is 4.90. The first kappa shape index (κ1) is 14.1. The van der Waals surface area contributed by atoms with E-state index in [0.29, 0.717) is 22.1 Å². The lowest BCUT2D eigenvalue weighted by Crippen LogP contribution is -1.93. The number of nitriles is 1. The molecule has 102 valence electrons. The Morgan fingerprint density at radius 2 is 2.15 bits per heavy atom. The monoisotopic (exact) mass is 286 g/mol. The molecule has 0 fully saturated rings. The third-order valence-electron chi connectivity index (χ3n) is 2.70. The number of rotatable bonds is 4. The van der Waals surface area contributed by atoms with Gasteiger partial charge in [-0.15, -0.1) is 11.3 Å². The van der Waals surface area contributed by atoms with Crippen LogP contribution in [0, 0.1) is 18.3 Å². The summed E-state index contributed by atoms with van der Waals surface area (Å²) in [7, 11) is 3.16. The van der Waals surface area contributed by atoms with Crippen molar-refractivity contribution in [1.82, 2.24) is 4.98 Å². The number of allylic oxidation sites excluding steroid dienone is 1. The molecule has 0 N–H and O–H groups in total. The summed E-state index contributed by atoms with van der Waals surface area (Å²) >= 11 is 1.45. The summed E-state index contributed by atoms with van der Waals surface area (Å²) in [6, 6.07) is 7.73. The molecule has 0 aliphatic carbocycles.